The number of rotatable bonds is 6. The average molecular weight is 233 g/mol. The van der Waals surface area contributed by atoms with E-state index in [1.165, 1.54) is 36.8 Å². The van der Waals surface area contributed by atoms with E-state index in [-0.39, 0.29) is 0 Å². The number of aryl methyl sites for hydroxylation is 1. The summed E-state index contributed by atoms with van der Waals surface area (Å²) in [7, 11) is 1.78. The Morgan fingerprint density at radius 1 is 1.41 bits per heavy atom. The second-order valence-corrected chi connectivity index (χ2v) is 4.90. The van der Waals surface area contributed by atoms with Gasteiger partial charge in [-0.25, -0.2) is 0 Å². The van der Waals surface area contributed by atoms with Crippen molar-refractivity contribution < 1.29 is 4.74 Å². The smallest absolute Gasteiger partial charge is 0.0616 e. The summed E-state index contributed by atoms with van der Waals surface area (Å²) < 4.78 is 5.29. The van der Waals surface area contributed by atoms with Crippen LogP contribution in [0.4, 0.5) is 0 Å². The van der Waals surface area contributed by atoms with Crippen molar-refractivity contribution in [3.05, 3.63) is 35.4 Å². The third-order valence-corrected chi connectivity index (χ3v) is 3.57. The van der Waals surface area contributed by atoms with Crippen molar-refractivity contribution in [3.63, 3.8) is 0 Å². The van der Waals surface area contributed by atoms with Crippen molar-refractivity contribution in [1.82, 2.24) is 5.32 Å². The molecule has 0 aliphatic heterocycles. The zero-order chi connectivity index (χ0) is 12.1. The van der Waals surface area contributed by atoms with Gasteiger partial charge in [-0.1, -0.05) is 37.6 Å². The van der Waals surface area contributed by atoms with Gasteiger partial charge in [0.15, 0.2) is 0 Å². The molecule has 0 saturated heterocycles. The van der Waals surface area contributed by atoms with E-state index in [0.717, 1.165) is 6.61 Å². The highest BCUT2D eigenvalue weighted by Crippen LogP contribution is 2.31. The first kappa shape index (κ1) is 12.6. The van der Waals surface area contributed by atoms with Gasteiger partial charge in [0.25, 0.3) is 0 Å². The third-order valence-electron chi connectivity index (χ3n) is 3.57. The maximum atomic E-state index is 5.29. The Morgan fingerprint density at radius 2 is 2.24 bits per heavy atom. The number of fused-ring (bicyclic) bond motifs is 1. The second-order valence-electron chi connectivity index (χ2n) is 4.90. The van der Waals surface area contributed by atoms with Crippen LogP contribution in [0.3, 0.4) is 0 Å². The normalized spacial score (nSPS) is 20.2. The second kappa shape index (κ2) is 6.18. The summed E-state index contributed by atoms with van der Waals surface area (Å²) in [6.07, 6.45) is 4.82. The maximum Gasteiger partial charge on any atom is 0.0616 e. The van der Waals surface area contributed by atoms with Crippen molar-refractivity contribution in [2.24, 2.45) is 0 Å². The minimum Gasteiger partial charge on any atom is -0.383 e. The molecule has 0 saturated carbocycles. The summed E-state index contributed by atoms with van der Waals surface area (Å²) in [6.45, 7) is 3.04. The topological polar surface area (TPSA) is 21.3 Å². The van der Waals surface area contributed by atoms with Crippen molar-refractivity contribution in [2.45, 2.75) is 44.7 Å². The summed E-state index contributed by atoms with van der Waals surface area (Å²) in [5.74, 6) is 0. The zero-order valence-corrected chi connectivity index (χ0v) is 10.9. The van der Waals surface area contributed by atoms with Crippen molar-refractivity contribution in [2.75, 3.05) is 13.7 Å². The molecule has 1 aromatic rings. The van der Waals surface area contributed by atoms with Gasteiger partial charge in [-0.15, -0.1) is 0 Å². The van der Waals surface area contributed by atoms with Crippen LogP contribution in [0.5, 0.6) is 0 Å². The molecule has 2 nitrogen and oxygen atoms in total. The molecule has 0 bridgehead atoms. The Hall–Kier alpha value is -0.860. The molecule has 0 amide bonds. The molecule has 0 fully saturated rings. The predicted octanol–water partition coefficient (Wildman–Crippen LogP) is 3.08. The van der Waals surface area contributed by atoms with Crippen molar-refractivity contribution in [1.29, 1.82) is 0 Å². The minimum atomic E-state index is 0.487. The van der Waals surface area contributed by atoms with Gasteiger partial charge in [-0.3, -0.25) is 0 Å². The monoisotopic (exact) mass is 233 g/mol. The lowest BCUT2D eigenvalue weighted by Gasteiger charge is -2.22. The first-order valence-electron chi connectivity index (χ1n) is 6.68. The lowest BCUT2D eigenvalue weighted by atomic mass is 10.1. The molecule has 1 aliphatic rings. The number of ether oxygens (including phenoxy) is 1. The molecule has 0 aromatic heterocycles. The van der Waals surface area contributed by atoms with Gasteiger partial charge in [-0.2, -0.15) is 0 Å². The molecule has 1 aromatic carbocycles. The quantitative estimate of drug-likeness (QED) is 0.815. The first-order valence-corrected chi connectivity index (χ1v) is 6.68. The zero-order valence-electron chi connectivity index (χ0n) is 10.9. The molecular formula is C15H23NO. The van der Waals surface area contributed by atoms with Crippen LogP contribution >= 0.6 is 0 Å². The molecule has 2 unspecified atom stereocenters. The molecule has 0 spiro atoms. The Kier molecular flexibility index (Phi) is 4.57. The fraction of sp³-hybridized carbons (Fsp3) is 0.600. The van der Waals surface area contributed by atoms with Crippen LogP contribution in [0.1, 0.15) is 43.4 Å². The van der Waals surface area contributed by atoms with E-state index >= 15 is 0 Å². The van der Waals surface area contributed by atoms with Crippen LogP contribution < -0.4 is 5.32 Å². The lowest BCUT2D eigenvalue weighted by molar-refractivity contribution is 0.155. The number of hydrogen-bond acceptors (Lipinski definition) is 2. The Bertz CT molecular complexity index is 345. The van der Waals surface area contributed by atoms with Gasteiger partial charge < -0.3 is 10.1 Å². The highest BCUT2D eigenvalue weighted by atomic mass is 16.5. The number of methoxy groups -OCH3 is 1. The van der Waals surface area contributed by atoms with Crippen LogP contribution in [0.2, 0.25) is 0 Å². The van der Waals surface area contributed by atoms with E-state index in [1.807, 2.05) is 0 Å². The fourth-order valence-corrected chi connectivity index (χ4v) is 2.78. The van der Waals surface area contributed by atoms with Crippen molar-refractivity contribution >= 4 is 0 Å². The highest BCUT2D eigenvalue weighted by Gasteiger charge is 2.23. The summed E-state index contributed by atoms with van der Waals surface area (Å²) in [5.41, 5.74) is 3.00. The molecule has 2 atom stereocenters. The Balaban J connectivity index is 1.99. The third kappa shape index (κ3) is 3.08. The van der Waals surface area contributed by atoms with E-state index < -0.39 is 0 Å². The van der Waals surface area contributed by atoms with Gasteiger partial charge in [-0.05, 0) is 30.4 Å². The molecule has 94 valence electrons. The first-order chi connectivity index (χ1) is 8.35. The maximum absolute atomic E-state index is 5.29. The van der Waals surface area contributed by atoms with E-state index in [1.54, 1.807) is 7.11 Å². The summed E-state index contributed by atoms with van der Waals surface area (Å²) in [5, 5.41) is 3.75. The van der Waals surface area contributed by atoms with E-state index in [0.29, 0.717) is 12.1 Å². The van der Waals surface area contributed by atoms with Gasteiger partial charge >= 0.3 is 0 Å². The summed E-state index contributed by atoms with van der Waals surface area (Å²) >= 11 is 0. The molecule has 1 aliphatic carbocycles. The van der Waals surface area contributed by atoms with Crippen LogP contribution in [-0.4, -0.2) is 19.8 Å². The average Bonchev–Trinajstić information content (AvgIpc) is 2.74. The molecule has 0 radical (unpaired) electrons. The summed E-state index contributed by atoms with van der Waals surface area (Å²) in [6, 6.07) is 9.81. The minimum absolute atomic E-state index is 0.487. The largest absolute Gasteiger partial charge is 0.383 e. The van der Waals surface area contributed by atoms with Gasteiger partial charge in [0.2, 0.25) is 0 Å². The van der Waals surface area contributed by atoms with E-state index in [9.17, 15) is 0 Å². The number of benzene rings is 1. The number of nitrogens with one attached hydrogen (secondary N) is 1. The molecule has 2 heteroatoms. The van der Waals surface area contributed by atoms with E-state index in [4.69, 9.17) is 4.74 Å². The predicted molar refractivity (Wildman–Crippen MR) is 71.2 cm³/mol. The Morgan fingerprint density at radius 3 is 3.00 bits per heavy atom. The fourth-order valence-electron chi connectivity index (χ4n) is 2.78. The van der Waals surface area contributed by atoms with Crippen molar-refractivity contribution in [3.8, 4) is 0 Å². The van der Waals surface area contributed by atoms with Gasteiger partial charge in [0, 0.05) is 19.2 Å². The summed E-state index contributed by atoms with van der Waals surface area (Å²) in [4.78, 5) is 0. The SMILES string of the molecule is CCCC(COC)NC1CCc2ccccc21. The van der Waals surface area contributed by atoms with Crippen LogP contribution in [0, 0.1) is 0 Å². The highest BCUT2D eigenvalue weighted by molar-refractivity contribution is 5.34. The van der Waals surface area contributed by atoms with Gasteiger partial charge in [0.1, 0.15) is 0 Å². The van der Waals surface area contributed by atoms with Crippen LogP contribution in [-0.2, 0) is 11.2 Å². The van der Waals surface area contributed by atoms with Crippen LogP contribution in [0.25, 0.3) is 0 Å². The molecular weight excluding hydrogens is 210 g/mol. The molecule has 0 heterocycles. The molecule has 2 rings (SSSR count). The molecule has 1 N–H and O–H groups in total. The van der Waals surface area contributed by atoms with Crippen LogP contribution in [0.15, 0.2) is 24.3 Å². The van der Waals surface area contributed by atoms with Gasteiger partial charge in [0.05, 0.1) is 6.61 Å². The van der Waals surface area contributed by atoms with E-state index in [2.05, 4.69) is 36.5 Å². The lowest BCUT2D eigenvalue weighted by Crippen LogP contribution is -2.35. The Labute approximate surface area is 104 Å². The number of hydrogen-bond donors (Lipinski definition) is 1. The standard InChI is InChI=1S/C15H23NO/c1-3-6-13(11-17-2)16-15-10-9-12-7-4-5-8-14(12)15/h4-5,7-8,13,15-16H,3,6,9-11H2,1-2H3. The molecule has 17 heavy (non-hydrogen) atoms.